The zero-order valence-electron chi connectivity index (χ0n) is 14.7. The van der Waals surface area contributed by atoms with E-state index >= 15 is 0 Å². The smallest absolute Gasteiger partial charge is 0.416 e. The van der Waals surface area contributed by atoms with Gasteiger partial charge in [-0.05, 0) is 52.3 Å². The maximum atomic E-state index is 12.9. The molecule has 0 saturated heterocycles. The molecule has 25 heavy (non-hydrogen) atoms. The van der Waals surface area contributed by atoms with Gasteiger partial charge in [-0.1, -0.05) is 12.1 Å². The number of benzene rings is 1. The summed E-state index contributed by atoms with van der Waals surface area (Å²) in [5.74, 6) is -1.27. The van der Waals surface area contributed by atoms with Crippen molar-refractivity contribution in [2.45, 2.75) is 52.4 Å². The fraction of sp³-hybridized carbons (Fsp3) is 0.529. The van der Waals surface area contributed by atoms with Gasteiger partial charge in [0.15, 0.2) is 0 Å². The normalized spacial score (nSPS) is 13.9. The Morgan fingerprint density at radius 2 is 1.68 bits per heavy atom. The van der Waals surface area contributed by atoms with Crippen molar-refractivity contribution in [1.82, 2.24) is 5.32 Å². The third-order valence-electron chi connectivity index (χ3n) is 3.48. The lowest BCUT2D eigenvalue weighted by Crippen LogP contribution is -2.44. The highest BCUT2D eigenvalue weighted by Crippen LogP contribution is 2.37. The number of aliphatic carboxylic acids is 1. The SMILES string of the molecule is CC(C)(C)OC(=O)N[C@@H](c1cccc(C(F)(F)F)c1)C(C)(C)C(=O)O. The summed E-state index contributed by atoms with van der Waals surface area (Å²) in [5, 5.41) is 11.8. The Morgan fingerprint density at radius 3 is 2.12 bits per heavy atom. The lowest BCUT2D eigenvalue weighted by atomic mass is 9.80. The Kier molecular flexibility index (Phi) is 5.77. The molecule has 1 aromatic carbocycles. The van der Waals surface area contributed by atoms with Gasteiger partial charge in [-0.3, -0.25) is 4.79 Å². The number of nitrogens with one attached hydrogen (secondary N) is 1. The number of rotatable bonds is 4. The van der Waals surface area contributed by atoms with Gasteiger partial charge >= 0.3 is 18.2 Å². The molecule has 1 aromatic rings. The van der Waals surface area contributed by atoms with E-state index in [9.17, 15) is 27.9 Å². The van der Waals surface area contributed by atoms with Crippen molar-refractivity contribution in [3.8, 4) is 0 Å². The molecule has 1 atom stereocenters. The fourth-order valence-corrected chi connectivity index (χ4v) is 2.12. The number of ether oxygens (including phenoxy) is 1. The number of alkyl halides is 3. The molecule has 0 heterocycles. The molecule has 0 bridgehead atoms. The van der Waals surface area contributed by atoms with Gasteiger partial charge in [0.1, 0.15) is 5.60 Å². The molecule has 0 aliphatic rings. The molecule has 0 aliphatic heterocycles. The van der Waals surface area contributed by atoms with Crippen molar-refractivity contribution in [2.75, 3.05) is 0 Å². The molecule has 0 aromatic heterocycles. The molecule has 1 rings (SSSR count). The summed E-state index contributed by atoms with van der Waals surface area (Å²) in [5.41, 5.74) is -3.31. The van der Waals surface area contributed by atoms with Crippen molar-refractivity contribution in [1.29, 1.82) is 0 Å². The fourth-order valence-electron chi connectivity index (χ4n) is 2.12. The minimum Gasteiger partial charge on any atom is -0.481 e. The van der Waals surface area contributed by atoms with Crippen LogP contribution in [0.15, 0.2) is 24.3 Å². The van der Waals surface area contributed by atoms with E-state index in [1.807, 2.05) is 0 Å². The number of halogens is 3. The number of hydrogen-bond acceptors (Lipinski definition) is 3. The van der Waals surface area contributed by atoms with Crippen LogP contribution in [0.2, 0.25) is 0 Å². The topological polar surface area (TPSA) is 75.6 Å². The van der Waals surface area contributed by atoms with Crippen LogP contribution in [0, 0.1) is 5.41 Å². The molecule has 8 heteroatoms. The Balaban J connectivity index is 3.29. The van der Waals surface area contributed by atoms with Gasteiger partial charge in [0.25, 0.3) is 0 Å². The van der Waals surface area contributed by atoms with Gasteiger partial charge in [0.05, 0.1) is 17.0 Å². The van der Waals surface area contributed by atoms with E-state index in [4.69, 9.17) is 4.74 Å². The van der Waals surface area contributed by atoms with Crippen molar-refractivity contribution in [3.63, 3.8) is 0 Å². The zero-order chi connectivity index (χ0) is 19.6. The predicted molar refractivity (Wildman–Crippen MR) is 85.0 cm³/mol. The molecule has 0 radical (unpaired) electrons. The quantitative estimate of drug-likeness (QED) is 0.834. The molecule has 0 spiro atoms. The summed E-state index contributed by atoms with van der Waals surface area (Å²) in [7, 11) is 0. The van der Waals surface area contributed by atoms with Crippen LogP contribution in [0.1, 0.15) is 51.8 Å². The summed E-state index contributed by atoms with van der Waals surface area (Å²) >= 11 is 0. The number of carbonyl (C=O) groups is 2. The van der Waals surface area contributed by atoms with Gasteiger partial charge in [-0.25, -0.2) is 4.79 Å². The Hall–Kier alpha value is -2.25. The number of hydrogen-bond donors (Lipinski definition) is 2. The first kappa shape index (κ1) is 20.8. The molecule has 1 amide bonds. The van der Waals surface area contributed by atoms with Crippen LogP contribution in [-0.4, -0.2) is 22.8 Å². The first-order chi connectivity index (χ1) is 11.1. The second-order valence-electron chi connectivity index (χ2n) is 7.23. The lowest BCUT2D eigenvalue weighted by Gasteiger charge is -2.32. The molecule has 0 unspecified atom stereocenters. The van der Waals surface area contributed by atoms with Crippen LogP contribution in [0.3, 0.4) is 0 Å². The molecular formula is C17H22F3NO4. The van der Waals surface area contributed by atoms with Gasteiger partial charge in [0, 0.05) is 0 Å². The minimum absolute atomic E-state index is 0.0214. The first-order valence-electron chi connectivity index (χ1n) is 7.54. The molecular weight excluding hydrogens is 339 g/mol. The Labute approximate surface area is 144 Å². The number of carboxylic acids is 1. The largest absolute Gasteiger partial charge is 0.481 e. The average Bonchev–Trinajstić information content (AvgIpc) is 2.41. The molecule has 5 nitrogen and oxygen atoms in total. The second-order valence-corrected chi connectivity index (χ2v) is 7.23. The number of alkyl carbamates (subject to hydrolysis) is 1. The average molecular weight is 361 g/mol. The van der Waals surface area contributed by atoms with Gasteiger partial charge in [-0.2, -0.15) is 13.2 Å². The summed E-state index contributed by atoms with van der Waals surface area (Å²) in [4.78, 5) is 23.6. The highest BCUT2D eigenvalue weighted by Gasteiger charge is 2.41. The zero-order valence-corrected chi connectivity index (χ0v) is 14.7. The molecule has 0 saturated carbocycles. The predicted octanol–water partition coefficient (Wildman–Crippen LogP) is 4.38. The summed E-state index contributed by atoms with van der Waals surface area (Å²) < 4.78 is 43.9. The number of carbonyl (C=O) groups excluding carboxylic acids is 1. The Morgan fingerprint density at radius 1 is 1.12 bits per heavy atom. The van der Waals surface area contributed by atoms with Crippen molar-refractivity contribution in [2.24, 2.45) is 5.41 Å². The van der Waals surface area contributed by atoms with Crippen molar-refractivity contribution < 1.29 is 32.6 Å². The van der Waals surface area contributed by atoms with E-state index in [1.165, 1.54) is 26.0 Å². The molecule has 140 valence electrons. The summed E-state index contributed by atoms with van der Waals surface area (Å²) in [6.07, 6.45) is -5.50. The molecule has 2 N–H and O–H groups in total. The monoisotopic (exact) mass is 361 g/mol. The number of carboxylic acid groups (broad SMARTS) is 1. The van der Waals surface area contributed by atoms with Crippen LogP contribution in [0.5, 0.6) is 0 Å². The van der Waals surface area contributed by atoms with Crippen LogP contribution >= 0.6 is 0 Å². The van der Waals surface area contributed by atoms with Crippen molar-refractivity contribution >= 4 is 12.1 Å². The second kappa shape index (κ2) is 6.93. The Bertz CT molecular complexity index is 648. The van der Waals surface area contributed by atoms with E-state index < -0.39 is 40.9 Å². The highest BCUT2D eigenvalue weighted by molar-refractivity contribution is 5.77. The summed E-state index contributed by atoms with van der Waals surface area (Å²) in [6, 6.07) is 2.98. The third kappa shape index (κ3) is 5.65. The summed E-state index contributed by atoms with van der Waals surface area (Å²) in [6.45, 7) is 7.49. The minimum atomic E-state index is -4.58. The molecule has 0 aliphatic carbocycles. The maximum absolute atomic E-state index is 12.9. The van der Waals surface area contributed by atoms with Crippen LogP contribution in [0.25, 0.3) is 0 Å². The maximum Gasteiger partial charge on any atom is 0.416 e. The highest BCUT2D eigenvalue weighted by atomic mass is 19.4. The first-order valence-corrected chi connectivity index (χ1v) is 7.54. The van der Waals surface area contributed by atoms with E-state index in [2.05, 4.69) is 5.32 Å². The van der Waals surface area contributed by atoms with Gasteiger partial charge < -0.3 is 15.2 Å². The van der Waals surface area contributed by atoms with Crippen LogP contribution in [0.4, 0.5) is 18.0 Å². The molecule has 0 fully saturated rings. The third-order valence-corrected chi connectivity index (χ3v) is 3.48. The standard InChI is InChI=1S/C17H22F3NO4/c1-15(2,3)25-14(24)21-12(16(4,5)13(22)23)10-7-6-8-11(9-10)17(18,19)20/h6-9,12H,1-5H3,(H,21,24)(H,22,23)/t12-/m0/s1. The van der Waals surface area contributed by atoms with E-state index in [1.54, 1.807) is 20.8 Å². The van der Waals surface area contributed by atoms with E-state index in [0.29, 0.717) is 0 Å². The van der Waals surface area contributed by atoms with Gasteiger partial charge in [-0.15, -0.1) is 0 Å². The van der Waals surface area contributed by atoms with Gasteiger partial charge in [0.2, 0.25) is 0 Å². The van der Waals surface area contributed by atoms with Crippen molar-refractivity contribution in [3.05, 3.63) is 35.4 Å². The van der Waals surface area contributed by atoms with Crippen LogP contribution in [-0.2, 0) is 15.7 Å². The number of amides is 1. The van der Waals surface area contributed by atoms with E-state index in [-0.39, 0.29) is 5.56 Å². The lowest BCUT2D eigenvalue weighted by molar-refractivity contribution is -0.148. The van der Waals surface area contributed by atoms with E-state index in [0.717, 1.165) is 12.1 Å². The van der Waals surface area contributed by atoms with Crippen LogP contribution < -0.4 is 5.32 Å².